The molecule has 2 atom stereocenters. The molecule has 4 N–H and O–H groups in total. The minimum atomic E-state index is -0.828. The van der Waals surface area contributed by atoms with E-state index in [9.17, 15) is 14.7 Å². The fourth-order valence-corrected chi connectivity index (χ4v) is 3.31. The lowest BCUT2D eigenvalue weighted by Crippen LogP contribution is -2.46. The summed E-state index contributed by atoms with van der Waals surface area (Å²) in [5.41, 5.74) is 5.84. The van der Waals surface area contributed by atoms with Crippen LogP contribution >= 0.6 is 0 Å². The van der Waals surface area contributed by atoms with Crippen molar-refractivity contribution in [3.05, 3.63) is 0 Å². The molecule has 2 rings (SSSR count). The van der Waals surface area contributed by atoms with E-state index in [1.807, 2.05) is 0 Å². The Labute approximate surface area is 113 Å². The van der Waals surface area contributed by atoms with Gasteiger partial charge in [0.15, 0.2) is 0 Å². The molecule has 0 aromatic rings. The second kappa shape index (κ2) is 6.37. The molecule has 2 aliphatic carbocycles. The molecule has 108 valence electrons. The number of carboxylic acids is 1. The molecule has 2 unspecified atom stereocenters. The van der Waals surface area contributed by atoms with Crippen LogP contribution in [0.1, 0.15) is 51.4 Å². The number of carbonyl (C=O) groups excluding carboxylic acids is 1. The normalized spacial score (nSPS) is 35.6. The average Bonchev–Trinajstić information content (AvgIpc) is 2.41. The third kappa shape index (κ3) is 3.69. The number of aliphatic carboxylic acids is 1. The van der Waals surface area contributed by atoms with Gasteiger partial charge in [-0.05, 0) is 38.5 Å². The topological polar surface area (TPSA) is 92.4 Å². The van der Waals surface area contributed by atoms with Gasteiger partial charge in [0.25, 0.3) is 0 Å². The van der Waals surface area contributed by atoms with Crippen LogP contribution in [0.3, 0.4) is 0 Å². The summed E-state index contributed by atoms with van der Waals surface area (Å²) in [6.07, 6.45) is 6.92. The van der Waals surface area contributed by atoms with E-state index in [-0.39, 0.29) is 23.9 Å². The number of carbonyl (C=O) groups is 2. The van der Waals surface area contributed by atoms with Gasteiger partial charge >= 0.3 is 5.97 Å². The molecule has 2 fully saturated rings. The number of nitrogens with one attached hydrogen (secondary N) is 1. The van der Waals surface area contributed by atoms with Crippen LogP contribution in [0.5, 0.6) is 0 Å². The Balaban J connectivity index is 1.89. The first-order chi connectivity index (χ1) is 9.08. The van der Waals surface area contributed by atoms with E-state index in [0.29, 0.717) is 12.8 Å². The minimum absolute atomic E-state index is 0.0624. The van der Waals surface area contributed by atoms with Gasteiger partial charge in [0.2, 0.25) is 5.91 Å². The Morgan fingerprint density at radius 2 is 1.53 bits per heavy atom. The quantitative estimate of drug-likeness (QED) is 0.718. The van der Waals surface area contributed by atoms with Crippen molar-refractivity contribution < 1.29 is 14.7 Å². The molecule has 0 aliphatic heterocycles. The number of nitrogens with two attached hydrogens (primary N) is 1. The smallest absolute Gasteiger partial charge is 0.307 e. The number of rotatable bonds is 3. The fraction of sp³-hybridized carbons (Fsp3) is 0.857. The maximum absolute atomic E-state index is 12.3. The molecule has 5 nitrogen and oxygen atoms in total. The van der Waals surface area contributed by atoms with E-state index < -0.39 is 11.9 Å². The largest absolute Gasteiger partial charge is 0.481 e. The van der Waals surface area contributed by atoms with Crippen molar-refractivity contribution >= 4 is 11.9 Å². The highest BCUT2D eigenvalue weighted by Crippen LogP contribution is 2.31. The van der Waals surface area contributed by atoms with E-state index in [4.69, 9.17) is 5.73 Å². The van der Waals surface area contributed by atoms with Gasteiger partial charge in [-0.2, -0.15) is 0 Å². The number of amides is 1. The zero-order valence-corrected chi connectivity index (χ0v) is 11.3. The molecule has 0 saturated heterocycles. The van der Waals surface area contributed by atoms with Crippen molar-refractivity contribution in [1.82, 2.24) is 5.32 Å². The number of hydrogen-bond donors (Lipinski definition) is 3. The molecule has 0 bridgehead atoms. The first-order valence-electron chi connectivity index (χ1n) is 7.36. The SMILES string of the molecule is NC1CCC(NC(=O)C2CCCCC2C(=O)O)CC1. The number of carboxylic acid groups (broad SMARTS) is 1. The van der Waals surface area contributed by atoms with E-state index in [2.05, 4.69) is 5.32 Å². The van der Waals surface area contributed by atoms with Crippen LogP contribution in [0.2, 0.25) is 0 Å². The van der Waals surface area contributed by atoms with Gasteiger partial charge < -0.3 is 16.2 Å². The van der Waals surface area contributed by atoms with Crippen LogP contribution < -0.4 is 11.1 Å². The lowest BCUT2D eigenvalue weighted by Gasteiger charge is -2.31. The molecule has 0 heterocycles. The third-order valence-electron chi connectivity index (χ3n) is 4.54. The average molecular weight is 268 g/mol. The second-order valence-corrected chi connectivity index (χ2v) is 5.96. The van der Waals surface area contributed by atoms with Crippen molar-refractivity contribution in [3.63, 3.8) is 0 Å². The molecule has 0 aromatic carbocycles. The maximum Gasteiger partial charge on any atom is 0.307 e. The zero-order valence-electron chi connectivity index (χ0n) is 11.3. The molecule has 0 spiro atoms. The van der Waals surface area contributed by atoms with Crippen LogP contribution in [0.25, 0.3) is 0 Å². The Hall–Kier alpha value is -1.10. The molecule has 19 heavy (non-hydrogen) atoms. The summed E-state index contributed by atoms with van der Waals surface area (Å²) in [4.78, 5) is 23.5. The highest BCUT2D eigenvalue weighted by molar-refractivity contribution is 5.85. The summed E-state index contributed by atoms with van der Waals surface area (Å²) in [5.74, 6) is -1.74. The minimum Gasteiger partial charge on any atom is -0.481 e. The standard InChI is InChI=1S/C14H24N2O3/c15-9-5-7-10(8-6-9)16-13(17)11-3-1-2-4-12(11)14(18)19/h9-12H,1-8,15H2,(H,16,17)(H,18,19). The van der Waals surface area contributed by atoms with E-state index in [1.165, 1.54) is 0 Å². The first-order valence-corrected chi connectivity index (χ1v) is 7.36. The number of hydrogen-bond acceptors (Lipinski definition) is 3. The van der Waals surface area contributed by atoms with Gasteiger partial charge in [-0.1, -0.05) is 12.8 Å². The van der Waals surface area contributed by atoms with E-state index in [0.717, 1.165) is 38.5 Å². The van der Waals surface area contributed by atoms with Crippen molar-refractivity contribution in [2.45, 2.75) is 63.5 Å². The van der Waals surface area contributed by atoms with Crippen LogP contribution in [0.15, 0.2) is 0 Å². The molecule has 2 saturated carbocycles. The summed E-state index contributed by atoms with van der Waals surface area (Å²) >= 11 is 0. The first kappa shape index (κ1) is 14.3. The van der Waals surface area contributed by atoms with Gasteiger partial charge in [-0.25, -0.2) is 0 Å². The van der Waals surface area contributed by atoms with Gasteiger partial charge in [0.1, 0.15) is 0 Å². The van der Waals surface area contributed by atoms with Crippen molar-refractivity contribution in [2.75, 3.05) is 0 Å². The maximum atomic E-state index is 12.3. The summed E-state index contributed by atoms with van der Waals surface area (Å²) in [6, 6.07) is 0.443. The summed E-state index contributed by atoms with van der Waals surface area (Å²) in [5, 5.41) is 12.2. The van der Waals surface area contributed by atoms with Gasteiger partial charge in [-0.15, -0.1) is 0 Å². The van der Waals surface area contributed by atoms with Crippen LogP contribution in [0, 0.1) is 11.8 Å². The van der Waals surface area contributed by atoms with Gasteiger partial charge in [0.05, 0.1) is 11.8 Å². The molecule has 0 aromatic heterocycles. The fourth-order valence-electron chi connectivity index (χ4n) is 3.31. The predicted molar refractivity (Wildman–Crippen MR) is 71.5 cm³/mol. The van der Waals surface area contributed by atoms with Gasteiger partial charge in [-0.3, -0.25) is 9.59 Å². The van der Waals surface area contributed by atoms with Gasteiger partial charge in [0, 0.05) is 12.1 Å². The summed E-state index contributed by atoms with van der Waals surface area (Å²) < 4.78 is 0. The Kier molecular flexibility index (Phi) is 4.80. The lowest BCUT2D eigenvalue weighted by atomic mass is 9.78. The molecular formula is C14H24N2O3. The molecule has 1 amide bonds. The van der Waals surface area contributed by atoms with Crippen molar-refractivity contribution in [1.29, 1.82) is 0 Å². The summed E-state index contributed by atoms with van der Waals surface area (Å²) in [7, 11) is 0. The second-order valence-electron chi connectivity index (χ2n) is 5.96. The molecule has 2 aliphatic rings. The summed E-state index contributed by atoms with van der Waals surface area (Å²) in [6.45, 7) is 0. The molecular weight excluding hydrogens is 244 g/mol. The highest BCUT2D eigenvalue weighted by atomic mass is 16.4. The monoisotopic (exact) mass is 268 g/mol. The Morgan fingerprint density at radius 3 is 2.11 bits per heavy atom. The molecule has 5 heteroatoms. The van der Waals surface area contributed by atoms with Crippen LogP contribution in [-0.4, -0.2) is 29.1 Å². The highest BCUT2D eigenvalue weighted by Gasteiger charge is 2.36. The Morgan fingerprint density at radius 1 is 0.947 bits per heavy atom. The van der Waals surface area contributed by atoms with Crippen LogP contribution in [0.4, 0.5) is 0 Å². The third-order valence-corrected chi connectivity index (χ3v) is 4.54. The van der Waals surface area contributed by atoms with Crippen LogP contribution in [-0.2, 0) is 9.59 Å². The van der Waals surface area contributed by atoms with E-state index in [1.54, 1.807) is 0 Å². The predicted octanol–water partition coefficient (Wildman–Crippen LogP) is 1.26. The Bertz CT molecular complexity index is 338. The van der Waals surface area contributed by atoms with Crippen molar-refractivity contribution in [2.24, 2.45) is 17.6 Å². The molecule has 0 radical (unpaired) electrons. The van der Waals surface area contributed by atoms with Crippen molar-refractivity contribution in [3.8, 4) is 0 Å². The zero-order chi connectivity index (χ0) is 13.8. The lowest BCUT2D eigenvalue weighted by molar-refractivity contribution is -0.149. The van der Waals surface area contributed by atoms with E-state index >= 15 is 0 Å².